The Labute approximate surface area is 101 Å². The zero-order valence-electron chi connectivity index (χ0n) is 9.89. The van der Waals surface area contributed by atoms with E-state index in [0.717, 1.165) is 12.8 Å². The largest absolute Gasteiger partial charge is 0.465 e. The number of nitrogens with one attached hydrogen (secondary N) is 1. The number of esters is 1. The first-order chi connectivity index (χ1) is 8.04. The molecule has 0 bridgehead atoms. The van der Waals surface area contributed by atoms with Crippen molar-refractivity contribution >= 4 is 16.2 Å². The van der Waals surface area contributed by atoms with E-state index in [9.17, 15) is 13.2 Å². The summed E-state index contributed by atoms with van der Waals surface area (Å²) in [6, 6.07) is -0.588. The molecule has 7 heteroatoms. The van der Waals surface area contributed by atoms with Crippen molar-refractivity contribution in [1.82, 2.24) is 9.03 Å². The molecule has 1 saturated heterocycles. The lowest BCUT2D eigenvalue weighted by Gasteiger charge is -2.22. The van der Waals surface area contributed by atoms with E-state index in [1.54, 1.807) is 6.92 Å². The van der Waals surface area contributed by atoms with Crippen molar-refractivity contribution in [3.8, 4) is 0 Å². The van der Waals surface area contributed by atoms with E-state index in [1.807, 2.05) is 0 Å². The first kappa shape index (κ1) is 12.8. The molecular formula is C10H18N2O4S. The van der Waals surface area contributed by atoms with E-state index in [-0.39, 0.29) is 12.6 Å². The number of ether oxygens (including phenoxy) is 1. The molecule has 0 aromatic carbocycles. The highest BCUT2D eigenvalue weighted by atomic mass is 32.2. The second kappa shape index (κ2) is 4.91. The molecule has 2 rings (SSSR count). The van der Waals surface area contributed by atoms with Crippen LogP contribution in [0.4, 0.5) is 0 Å². The molecule has 2 aliphatic rings. The van der Waals surface area contributed by atoms with Crippen molar-refractivity contribution in [2.75, 3.05) is 13.2 Å². The predicted octanol–water partition coefficient (Wildman–Crippen LogP) is 0.0107. The second-order valence-electron chi connectivity index (χ2n) is 4.42. The third kappa shape index (κ3) is 2.97. The van der Waals surface area contributed by atoms with Gasteiger partial charge in [0.15, 0.2) is 0 Å². The molecule has 1 aliphatic carbocycles. The Hall–Kier alpha value is -0.660. The number of rotatable bonds is 5. The first-order valence-corrected chi connectivity index (χ1v) is 7.44. The lowest BCUT2D eigenvalue weighted by atomic mass is 10.2. The van der Waals surface area contributed by atoms with Gasteiger partial charge in [0.05, 0.1) is 6.61 Å². The van der Waals surface area contributed by atoms with Gasteiger partial charge in [-0.3, -0.25) is 4.79 Å². The van der Waals surface area contributed by atoms with E-state index in [2.05, 4.69) is 4.72 Å². The molecule has 17 heavy (non-hydrogen) atoms. The minimum absolute atomic E-state index is 0.0587. The summed E-state index contributed by atoms with van der Waals surface area (Å²) in [6.07, 6.45) is 3.02. The van der Waals surface area contributed by atoms with Gasteiger partial charge in [-0.25, -0.2) is 0 Å². The topological polar surface area (TPSA) is 75.7 Å². The molecule has 1 saturated carbocycles. The lowest BCUT2D eigenvalue weighted by molar-refractivity contribution is -0.146. The molecule has 0 aromatic rings. The van der Waals surface area contributed by atoms with Gasteiger partial charge in [-0.2, -0.15) is 17.4 Å². The van der Waals surface area contributed by atoms with Gasteiger partial charge in [0.25, 0.3) is 10.2 Å². The summed E-state index contributed by atoms with van der Waals surface area (Å²) in [6.45, 7) is 2.39. The standard InChI is InChI=1S/C10H18N2O4S/c1-2-16-10(13)9-4-3-7-12(9)17(14,15)11-8-5-6-8/h8-9,11H,2-7H2,1H3. The van der Waals surface area contributed by atoms with Crippen molar-refractivity contribution in [3.63, 3.8) is 0 Å². The quantitative estimate of drug-likeness (QED) is 0.708. The molecule has 0 amide bonds. The van der Waals surface area contributed by atoms with Gasteiger partial charge in [0, 0.05) is 12.6 Å². The fourth-order valence-corrected chi connectivity index (χ4v) is 3.67. The van der Waals surface area contributed by atoms with E-state index in [0.29, 0.717) is 19.4 Å². The number of carbonyl (C=O) groups is 1. The molecule has 0 radical (unpaired) electrons. The summed E-state index contributed by atoms with van der Waals surface area (Å²) in [4.78, 5) is 11.6. The predicted molar refractivity (Wildman–Crippen MR) is 61.4 cm³/mol. The van der Waals surface area contributed by atoms with Crippen molar-refractivity contribution in [2.24, 2.45) is 0 Å². The van der Waals surface area contributed by atoms with Crippen LogP contribution < -0.4 is 4.72 Å². The van der Waals surface area contributed by atoms with E-state index in [4.69, 9.17) is 4.74 Å². The van der Waals surface area contributed by atoms with Crippen molar-refractivity contribution in [3.05, 3.63) is 0 Å². The Kier molecular flexibility index (Phi) is 3.70. The van der Waals surface area contributed by atoms with Crippen molar-refractivity contribution < 1.29 is 17.9 Å². The van der Waals surface area contributed by atoms with Gasteiger partial charge in [-0.15, -0.1) is 0 Å². The van der Waals surface area contributed by atoms with E-state index >= 15 is 0 Å². The summed E-state index contributed by atoms with van der Waals surface area (Å²) in [5.74, 6) is -0.439. The maximum Gasteiger partial charge on any atom is 0.324 e. The van der Waals surface area contributed by atoms with Crippen LogP contribution in [0.3, 0.4) is 0 Å². The molecule has 0 spiro atoms. The monoisotopic (exact) mass is 262 g/mol. The smallest absolute Gasteiger partial charge is 0.324 e. The molecule has 0 aromatic heterocycles. The molecule has 1 N–H and O–H groups in total. The van der Waals surface area contributed by atoms with E-state index < -0.39 is 22.2 Å². The van der Waals surface area contributed by atoms with Crippen LogP contribution in [0, 0.1) is 0 Å². The highest BCUT2D eigenvalue weighted by Crippen LogP contribution is 2.25. The van der Waals surface area contributed by atoms with Gasteiger partial charge >= 0.3 is 5.97 Å². The van der Waals surface area contributed by atoms with Crippen LogP contribution in [-0.2, 0) is 19.7 Å². The number of hydrogen-bond acceptors (Lipinski definition) is 4. The number of nitrogens with zero attached hydrogens (tertiary/aromatic N) is 1. The summed E-state index contributed by atoms with van der Waals surface area (Å²) < 4.78 is 32.7. The Morgan fingerprint density at radius 1 is 1.41 bits per heavy atom. The van der Waals surface area contributed by atoms with Crippen LogP contribution in [0.5, 0.6) is 0 Å². The molecular weight excluding hydrogens is 244 g/mol. The fourth-order valence-electron chi connectivity index (χ4n) is 1.98. The highest BCUT2D eigenvalue weighted by molar-refractivity contribution is 7.87. The number of carbonyl (C=O) groups excluding carboxylic acids is 1. The zero-order valence-corrected chi connectivity index (χ0v) is 10.7. The Bertz CT molecular complexity index is 391. The third-order valence-corrected chi connectivity index (χ3v) is 4.65. The number of hydrogen-bond donors (Lipinski definition) is 1. The van der Waals surface area contributed by atoms with E-state index in [1.165, 1.54) is 4.31 Å². The fraction of sp³-hybridized carbons (Fsp3) is 0.900. The Balaban J connectivity index is 2.05. The van der Waals surface area contributed by atoms with Crippen LogP contribution in [-0.4, -0.2) is 43.9 Å². The summed E-state index contributed by atoms with van der Waals surface area (Å²) >= 11 is 0. The van der Waals surface area contributed by atoms with Crippen LogP contribution in [0.25, 0.3) is 0 Å². The first-order valence-electron chi connectivity index (χ1n) is 6.00. The molecule has 1 atom stereocenters. The van der Waals surface area contributed by atoms with Crippen LogP contribution in [0.2, 0.25) is 0 Å². The Morgan fingerprint density at radius 2 is 2.12 bits per heavy atom. The molecule has 1 aliphatic heterocycles. The maximum absolute atomic E-state index is 12.0. The SMILES string of the molecule is CCOC(=O)C1CCCN1S(=O)(=O)NC1CC1. The van der Waals surface area contributed by atoms with Gasteiger partial charge < -0.3 is 4.74 Å². The van der Waals surface area contributed by atoms with Crippen LogP contribution in [0.1, 0.15) is 32.6 Å². The summed E-state index contributed by atoms with van der Waals surface area (Å²) in [7, 11) is -3.53. The second-order valence-corrected chi connectivity index (χ2v) is 6.07. The molecule has 6 nitrogen and oxygen atoms in total. The van der Waals surface area contributed by atoms with Crippen LogP contribution in [0.15, 0.2) is 0 Å². The maximum atomic E-state index is 12.0. The third-order valence-electron chi connectivity index (χ3n) is 2.96. The Morgan fingerprint density at radius 3 is 2.71 bits per heavy atom. The van der Waals surface area contributed by atoms with Gasteiger partial charge in [0.1, 0.15) is 6.04 Å². The average Bonchev–Trinajstić information content (AvgIpc) is 2.91. The van der Waals surface area contributed by atoms with Gasteiger partial charge in [-0.05, 0) is 32.6 Å². The normalized spacial score (nSPS) is 26.1. The minimum Gasteiger partial charge on any atom is -0.465 e. The molecule has 98 valence electrons. The van der Waals surface area contributed by atoms with Gasteiger partial charge in [0.2, 0.25) is 0 Å². The van der Waals surface area contributed by atoms with Crippen LogP contribution >= 0.6 is 0 Å². The average molecular weight is 262 g/mol. The molecule has 1 heterocycles. The molecule has 1 unspecified atom stereocenters. The summed E-state index contributed by atoms with van der Waals surface area (Å²) in [5.41, 5.74) is 0. The van der Waals surface area contributed by atoms with Gasteiger partial charge in [-0.1, -0.05) is 0 Å². The lowest BCUT2D eigenvalue weighted by Crippen LogP contribution is -2.47. The van der Waals surface area contributed by atoms with Crippen molar-refractivity contribution in [2.45, 2.75) is 44.7 Å². The molecule has 2 fully saturated rings. The highest BCUT2D eigenvalue weighted by Gasteiger charge is 2.41. The minimum atomic E-state index is -3.53. The summed E-state index contributed by atoms with van der Waals surface area (Å²) in [5, 5.41) is 0. The van der Waals surface area contributed by atoms with Crippen molar-refractivity contribution in [1.29, 1.82) is 0 Å². The zero-order chi connectivity index (χ0) is 12.5.